The molecule has 2 amide bonds. The average molecular weight is 550 g/mol. The topological polar surface area (TPSA) is 63.6 Å². The number of carbonyl (C=O) groups is 2. The summed E-state index contributed by atoms with van der Waals surface area (Å²) in [5.41, 5.74) is 1.96. The van der Waals surface area contributed by atoms with Crippen molar-refractivity contribution in [2.45, 2.75) is 32.0 Å². The monoisotopic (exact) mass is 549 g/mol. The van der Waals surface area contributed by atoms with E-state index in [0.717, 1.165) is 42.7 Å². The lowest BCUT2D eigenvalue weighted by Gasteiger charge is -2.29. The number of amides is 2. The van der Waals surface area contributed by atoms with Crippen molar-refractivity contribution in [3.8, 4) is 16.9 Å². The van der Waals surface area contributed by atoms with E-state index >= 15 is 0 Å². The lowest BCUT2D eigenvalue weighted by molar-refractivity contribution is -0.137. The first-order chi connectivity index (χ1) is 19.2. The molecule has 0 bridgehead atoms. The van der Waals surface area contributed by atoms with Crippen molar-refractivity contribution in [1.29, 1.82) is 0 Å². The first kappa shape index (κ1) is 28.5. The number of aromatic nitrogens is 1. The van der Waals surface area contributed by atoms with Crippen LogP contribution in [0.3, 0.4) is 0 Å². The van der Waals surface area contributed by atoms with Gasteiger partial charge in [0.25, 0.3) is 5.91 Å². The van der Waals surface area contributed by atoms with Gasteiger partial charge in [0, 0.05) is 24.9 Å². The van der Waals surface area contributed by atoms with Crippen LogP contribution in [-0.2, 0) is 18.0 Å². The summed E-state index contributed by atoms with van der Waals surface area (Å²) in [6.07, 6.45) is -0.388. The Morgan fingerprint density at radius 2 is 1.73 bits per heavy atom. The highest BCUT2D eigenvalue weighted by Crippen LogP contribution is 2.34. The molecule has 0 spiro atoms. The number of rotatable bonds is 10. The fraction of sp³-hybridized carbons (Fsp3) is 0.226. The second-order valence-electron chi connectivity index (χ2n) is 9.36. The normalized spacial score (nSPS) is 12.1. The first-order valence-electron chi connectivity index (χ1n) is 12.8. The van der Waals surface area contributed by atoms with E-state index in [0.29, 0.717) is 28.2 Å². The van der Waals surface area contributed by atoms with E-state index in [1.54, 1.807) is 60.2 Å². The second kappa shape index (κ2) is 12.1. The highest BCUT2D eigenvalue weighted by Gasteiger charge is 2.30. The van der Waals surface area contributed by atoms with Gasteiger partial charge in [0.1, 0.15) is 11.6 Å². The molecule has 0 aliphatic carbocycles. The van der Waals surface area contributed by atoms with Crippen molar-refractivity contribution in [1.82, 2.24) is 4.57 Å². The van der Waals surface area contributed by atoms with E-state index in [1.165, 1.54) is 12.1 Å². The van der Waals surface area contributed by atoms with E-state index < -0.39 is 17.6 Å². The minimum Gasteiger partial charge on any atom is -0.497 e. The SMILES string of the molecule is CCCC(c1ccc(OC)cc1)N(C=O)c1cc(NC(=O)c2ccccc2-c2ccc(C(F)(F)F)cc2)cn1C. The van der Waals surface area contributed by atoms with Crippen LogP contribution in [0, 0.1) is 0 Å². The number of methoxy groups -OCH3 is 1. The molecule has 0 fully saturated rings. The summed E-state index contributed by atoms with van der Waals surface area (Å²) in [6.45, 7) is 2.05. The van der Waals surface area contributed by atoms with Gasteiger partial charge in [-0.15, -0.1) is 0 Å². The van der Waals surface area contributed by atoms with Crippen molar-refractivity contribution in [3.05, 3.63) is 102 Å². The van der Waals surface area contributed by atoms with Crippen LogP contribution in [0.5, 0.6) is 5.75 Å². The summed E-state index contributed by atoms with van der Waals surface area (Å²) in [5, 5.41) is 2.87. The molecule has 0 aliphatic rings. The van der Waals surface area contributed by atoms with Crippen LogP contribution < -0.4 is 15.0 Å². The Hall–Kier alpha value is -4.53. The largest absolute Gasteiger partial charge is 0.497 e. The van der Waals surface area contributed by atoms with Crippen LogP contribution in [0.4, 0.5) is 24.7 Å². The van der Waals surface area contributed by atoms with Gasteiger partial charge < -0.3 is 14.6 Å². The van der Waals surface area contributed by atoms with Crippen molar-refractivity contribution in [2.24, 2.45) is 7.05 Å². The fourth-order valence-electron chi connectivity index (χ4n) is 4.70. The van der Waals surface area contributed by atoms with Crippen LogP contribution in [0.2, 0.25) is 0 Å². The van der Waals surface area contributed by atoms with E-state index in [4.69, 9.17) is 4.74 Å². The molecule has 3 aromatic carbocycles. The molecule has 1 unspecified atom stereocenters. The Kier molecular flexibility index (Phi) is 8.62. The predicted octanol–water partition coefficient (Wildman–Crippen LogP) is 7.48. The number of hydrogen-bond donors (Lipinski definition) is 1. The van der Waals surface area contributed by atoms with Crippen molar-refractivity contribution >= 4 is 23.8 Å². The molecule has 0 saturated carbocycles. The summed E-state index contributed by atoms with van der Waals surface area (Å²) in [7, 11) is 3.38. The number of anilines is 2. The van der Waals surface area contributed by atoms with Gasteiger partial charge in [-0.25, -0.2) is 0 Å². The predicted molar refractivity (Wildman–Crippen MR) is 149 cm³/mol. The zero-order chi connectivity index (χ0) is 28.9. The Morgan fingerprint density at radius 3 is 2.33 bits per heavy atom. The standard InChI is InChI=1S/C31H30F3N3O3/c1-4-7-28(22-12-16-25(40-3)17-13-22)37(20-38)29-18-24(19-36(29)2)35-30(39)27-9-6-5-8-26(27)21-10-14-23(15-11-21)31(32,33)34/h5-6,8-20,28H,4,7H2,1-3H3,(H,35,39). The van der Waals surface area contributed by atoms with E-state index in [-0.39, 0.29) is 6.04 Å². The number of nitrogens with one attached hydrogen (secondary N) is 1. The Balaban J connectivity index is 1.60. The zero-order valence-corrected chi connectivity index (χ0v) is 22.4. The van der Waals surface area contributed by atoms with E-state index in [1.807, 2.05) is 31.2 Å². The van der Waals surface area contributed by atoms with Crippen molar-refractivity contribution < 1.29 is 27.5 Å². The lowest BCUT2D eigenvalue weighted by atomic mass is 9.98. The van der Waals surface area contributed by atoms with E-state index in [2.05, 4.69) is 5.32 Å². The van der Waals surface area contributed by atoms with Gasteiger partial charge in [-0.2, -0.15) is 13.2 Å². The number of carbonyl (C=O) groups excluding carboxylic acids is 2. The summed E-state index contributed by atoms with van der Waals surface area (Å²) in [6, 6.07) is 20.5. The molecular formula is C31H30F3N3O3. The quantitative estimate of drug-likeness (QED) is 0.209. The van der Waals surface area contributed by atoms with Gasteiger partial charge in [0.2, 0.25) is 6.41 Å². The van der Waals surface area contributed by atoms with Gasteiger partial charge >= 0.3 is 6.18 Å². The molecule has 0 saturated heterocycles. The Morgan fingerprint density at radius 1 is 1.05 bits per heavy atom. The van der Waals surface area contributed by atoms with Crippen LogP contribution in [-0.4, -0.2) is 24.0 Å². The number of hydrogen-bond acceptors (Lipinski definition) is 3. The number of aryl methyl sites for hydroxylation is 1. The highest BCUT2D eigenvalue weighted by molar-refractivity contribution is 6.09. The first-order valence-corrected chi connectivity index (χ1v) is 12.8. The van der Waals surface area contributed by atoms with Crippen LogP contribution in [0.1, 0.15) is 47.3 Å². The third kappa shape index (κ3) is 6.20. The number of alkyl halides is 3. The second-order valence-corrected chi connectivity index (χ2v) is 9.36. The molecule has 4 aromatic rings. The minimum absolute atomic E-state index is 0.231. The van der Waals surface area contributed by atoms with Gasteiger partial charge in [0.15, 0.2) is 0 Å². The molecular weight excluding hydrogens is 519 g/mol. The molecule has 1 aromatic heterocycles. The molecule has 0 radical (unpaired) electrons. The lowest BCUT2D eigenvalue weighted by Crippen LogP contribution is -2.28. The highest BCUT2D eigenvalue weighted by atomic mass is 19.4. The van der Waals surface area contributed by atoms with Crippen molar-refractivity contribution in [3.63, 3.8) is 0 Å². The Labute approximate surface area is 231 Å². The maximum absolute atomic E-state index is 13.3. The molecule has 208 valence electrons. The average Bonchev–Trinajstić information content (AvgIpc) is 3.31. The van der Waals surface area contributed by atoms with Gasteiger partial charge in [-0.1, -0.05) is 55.8 Å². The number of ether oxygens (including phenoxy) is 1. The van der Waals surface area contributed by atoms with Gasteiger partial charge in [0.05, 0.1) is 24.4 Å². The number of nitrogens with zero attached hydrogens (tertiary/aromatic N) is 2. The molecule has 0 aliphatic heterocycles. The molecule has 1 N–H and O–H groups in total. The van der Waals surface area contributed by atoms with Crippen LogP contribution in [0.25, 0.3) is 11.1 Å². The summed E-state index contributed by atoms with van der Waals surface area (Å²) >= 11 is 0. The van der Waals surface area contributed by atoms with Crippen molar-refractivity contribution in [2.75, 3.05) is 17.3 Å². The maximum atomic E-state index is 13.3. The molecule has 6 nitrogen and oxygen atoms in total. The molecule has 4 rings (SSSR count). The molecule has 1 atom stereocenters. The number of benzene rings is 3. The van der Waals surface area contributed by atoms with Gasteiger partial charge in [-0.3, -0.25) is 14.5 Å². The summed E-state index contributed by atoms with van der Waals surface area (Å²) in [5.74, 6) is 0.887. The minimum atomic E-state index is -4.45. The van der Waals surface area contributed by atoms with Crippen LogP contribution >= 0.6 is 0 Å². The summed E-state index contributed by atoms with van der Waals surface area (Å²) < 4.78 is 46.1. The maximum Gasteiger partial charge on any atom is 0.416 e. The smallest absolute Gasteiger partial charge is 0.416 e. The molecule has 1 heterocycles. The molecule has 40 heavy (non-hydrogen) atoms. The third-order valence-corrected chi connectivity index (χ3v) is 6.71. The zero-order valence-electron chi connectivity index (χ0n) is 22.4. The van der Waals surface area contributed by atoms with Gasteiger partial charge in [-0.05, 0) is 53.4 Å². The van der Waals surface area contributed by atoms with Crippen LogP contribution in [0.15, 0.2) is 85.1 Å². The number of halogens is 3. The Bertz CT molecular complexity index is 1460. The van der Waals surface area contributed by atoms with E-state index in [9.17, 15) is 22.8 Å². The third-order valence-electron chi connectivity index (χ3n) is 6.71. The fourth-order valence-corrected chi connectivity index (χ4v) is 4.70. The molecule has 9 heteroatoms. The summed E-state index contributed by atoms with van der Waals surface area (Å²) in [4.78, 5) is 27.3.